The number of nitrogens with zero attached hydrogens (tertiary/aromatic N) is 3. The van der Waals surface area contributed by atoms with Gasteiger partial charge in [0, 0.05) is 23.4 Å². The number of hydrogen-bond acceptors (Lipinski definition) is 5. The molecular weight excluding hydrogens is 329 g/mol. The van der Waals surface area contributed by atoms with Crippen molar-refractivity contribution in [3.05, 3.63) is 82.2 Å². The standard InChI is InChI=1S/C17H12FN3O2S/c18-14-5-1-12(2-6-14)11-24-17-10-9-16(19-20-17)13-3-7-15(8-4-13)21(22)23/h1-10H,11H2. The lowest BCUT2D eigenvalue weighted by Crippen LogP contribution is -1.91. The molecule has 0 amide bonds. The number of nitro groups is 1. The normalized spacial score (nSPS) is 10.5. The molecule has 120 valence electrons. The largest absolute Gasteiger partial charge is 0.269 e. The predicted molar refractivity (Wildman–Crippen MR) is 90.1 cm³/mol. The smallest absolute Gasteiger partial charge is 0.258 e. The van der Waals surface area contributed by atoms with Gasteiger partial charge in [-0.05, 0) is 42.0 Å². The first-order valence-corrected chi connectivity index (χ1v) is 8.06. The van der Waals surface area contributed by atoms with E-state index in [1.165, 1.54) is 36.0 Å². The van der Waals surface area contributed by atoms with Crippen molar-refractivity contribution in [2.45, 2.75) is 10.8 Å². The summed E-state index contributed by atoms with van der Waals surface area (Å²) in [6.07, 6.45) is 0. The second-order valence-corrected chi connectivity index (χ2v) is 5.97. The Balaban J connectivity index is 1.66. The van der Waals surface area contributed by atoms with Crippen LogP contribution in [0.3, 0.4) is 0 Å². The number of non-ortho nitro benzene ring substituents is 1. The molecule has 0 aliphatic rings. The van der Waals surface area contributed by atoms with Crippen LogP contribution >= 0.6 is 11.8 Å². The van der Waals surface area contributed by atoms with Crippen molar-refractivity contribution in [2.24, 2.45) is 0 Å². The van der Waals surface area contributed by atoms with E-state index in [1.54, 1.807) is 24.3 Å². The Hall–Kier alpha value is -2.80. The first-order chi connectivity index (χ1) is 11.6. The zero-order valence-corrected chi connectivity index (χ0v) is 13.2. The molecule has 3 rings (SSSR count). The fraction of sp³-hybridized carbons (Fsp3) is 0.0588. The molecular formula is C17H12FN3O2S. The molecule has 7 heteroatoms. The van der Waals surface area contributed by atoms with Crippen LogP contribution in [0.4, 0.5) is 10.1 Å². The molecule has 0 N–H and O–H groups in total. The van der Waals surface area contributed by atoms with Crippen LogP contribution in [0.15, 0.2) is 65.7 Å². The third-order valence-corrected chi connectivity index (χ3v) is 4.31. The molecule has 1 heterocycles. The topological polar surface area (TPSA) is 68.9 Å². The molecule has 0 aliphatic heterocycles. The SMILES string of the molecule is O=[N+]([O-])c1ccc(-c2ccc(SCc3ccc(F)cc3)nn2)cc1. The number of nitro benzene ring substituents is 1. The Bertz CT molecular complexity index is 837. The van der Waals surface area contributed by atoms with Crippen LogP contribution in [-0.4, -0.2) is 15.1 Å². The summed E-state index contributed by atoms with van der Waals surface area (Å²) in [5.41, 5.74) is 2.46. The number of rotatable bonds is 5. The lowest BCUT2D eigenvalue weighted by atomic mass is 10.1. The first-order valence-electron chi connectivity index (χ1n) is 7.07. The third kappa shape index (κ3) is 3.94. The average Bonchev–Trinajstić information content (AvgIpc) is 2.62. The summed E-state index contributed by atoms with van der Waals surface area (Å²) in [6, 6.07) is 16.2. The van der Waals surface area contributed by atoms with E-state index in [-0.39, 0.29) is 11.5 Å². The summed E-state index contributed by atoms with van der Waals surface area (Å²) in [4.78, 5) is 10.2. The Morgan fingerprint density at radius 3 is 2.25 bits per heavy atom. The summed E-state index contributed by atoms with van der Waals surface area (Å²) < 4.78 is 12.9. The van der Waals surface area contributed by atoms with Crippen molar-refractivity contribution in [2.75, 3.05) is 0 Å². The Labute approximate surface area is 141 Å². The Morgan fingerprint density at radius 2 is 1.67 bits per heavy atom. The first kappa shape index (κ1) is 16.1. The number of hydrogen-bond donors (Lipinski definition) is 0. The second-order valence-electron chi connectivity index (χ2n) is 4.98. The summed E-state index contributed by atoms with van der Waals surface area (Å²) in [5, 5.41) is 19.7. The predicted octanol–water partition coefficient (Wildman–Crippen LogP) is 4.48. The minimum absolute atomic E-state index is 0.0400. The van der Waals surface area contributed by atoms with E-state index in [2.05, 4.69) is 10.2 Å². The van der Waals surface area contributed by atoms with E-state index in [1.807, 2.05) is 12.1 Å². The zero-order valence-electron chi connectivity index (χ0n) is 12.4. The van der Waals surface area contributed by atoms with Gasteiger partial charge in [-0.25, -0.2) is 4.39 Å². The molecule has 0 unspecified atom stereocenters. The molecule has 24 heavy (non-hydrogen) atoms. The van der Waals surface area contributed by atoms with Crippen LogP contribution in [0.25, 0.3) is 11.3 Å². The maximum atomic E-state index is 12.9. The zero-order chi connectivity index (χ0) is 16.9. The van der Waals surface area contributed by atoms with E-state index in [0.29, 0.717) is 11.4 Å². The number of benzene rings is 2. The van der Waals surface area contributed by atoms with E-state index in [4.69, 9.17) is 0 Å². The molecule has 3 aromatic rings. The lowest BCUT2D eigenvalue weighted by molar-refractivity contribution is -0.384. The van der Waals surface area contributed by atoms with Gasteiger partial charge in [-0.1, -0.05) is 23.9 Å². The highest BCUT2D eigenvalue weighted by Crippen LogP contribution is 2.24. The van der Waals surface area contributed by atoms with Crippen LogP contribution in [0.1, 0.15) is 5.56 Å². The second kappa shape index (κ2) is 7.18. The van der Waals surface area contributed by atoms with E-state index < -0.39 is 4.92 Å². The van der Waals surface area contributed by atoms with Gasteiger partial charge in [0.15, 0.2) is 0 Å². The van der Waals surface area contributed by atoms with Crippen molar-refractivity contribution in [1.29, 1.82) is 0 Å². The Kier molecular flexibility index (Phi) is 4.81. The molecule has 0 atom stereocenters. The average molecular weight is 341 g/mol. The highest BCUT2D eigenvalue weighted by Gasteiger charge is 2.07. The molecule has 0 saturated heterocycles. The molecule has 0 fully saturated rings. The van der Waals surface area contributed by atoms with Crippen LogP contribution in [0, 0.1) is 15.9 Å². The summed E-state index contributed by atoms with van der Waals surface area (Å²) in [5.74, 6) is 0.419. The minimum Gasteiger partial charge on any atom is -0.258 e. The summed E-state index contributed by atoms with van der Waals surface area (Å²) >= 11 is 1.50. The van der Waals surface area contributed by atoms with E-state index in [9.17, 15) is 14.5 Å². The van der Waals surface area contributed by atoms with Crippen molar-refractivity contribution >= 4 is 17.4 Å². The molecule has 2 aromatic carbocycles. The van der Waals surface area contributed by atoms with Gasteiger partial charge in [0.2, 0.25) is 0 Å². The maximum absolute atomic E-state index is 12.9. The van der Waals surface area contributed by atoms with Crippen molar-refractivity contribution in [3.63, 3.8) is 0 Å². The summed E-state index contributed by atoms with van der Waals surface area (Å²) in [6.45, 7) is 0. The molecule has 0 bridgehead atoms. The van der Waals surface area contributed by atoms with Gasteiger partial charge in [0.05, 0.1) is 10.6 Å². The lowest BCUT2D eigenvalue weighted by Gasteiger charge is -2.03. The Morgan fingerprint density at radius 1 is 0.958 bits per heavy atom. The van der Waals surface area contributed by atoms with Gasteiger partial charge in [0.25, 0.3) is 5.69 Å². The minimum atomic E-state index is -0.440. The van der Waals surface area contributed by atoms with Gasteiger partial charge in [-0.15, -0.1) is 10.2 Å². The van der Waals surface area contributed by atoms with Gasteiger partial charge < -0.3 is 0 Å². The quantitative estimate of drug-likeness (QED) is 0.389. The van der Waals surface area contributed by atoms with Gasteiger partial charge in [0.1, 0.15) is 10.8 Å². The molecule has 0 radical (unpaired) electrons. The number of halogens is 1. The summed E-state index contributed by atoms with van der Waals surface area (Å²) in [7, 11) is 0. The number of thioether (sulfide) groups is 1. The van der Waals surface area contributed by atoms with Crippen molar-refractivity contribution in [1.82, 2.24) is 10.2 Å². The van der Waals surface area contributed by atoms with Crippen LogP contribution in [-0.2, 0) is 5.75 Å². The highest BCUT2D eigenvalue weighted by atomic mass is 32.2. The fourth-order valence-electron chi connectivity index (χ4n) is 2.04. The van der Waals surface area contributed by atoms with E-state index in [0.717, 1.165) is 16.2 Å². The monoisotopic (exact) mass is 341 g/mol. The molecule has 0 spiro atoms. The third-order valence-electron chi connectivity index (χ3n) is 3.31. The molecule has 5 nitrogen and oxygen atoms in total. The van der Waals surface area contributed by atoms with Gasteiger partial charge in [-0.2, -0.15) is 0 Å². The number of aromatic nitrogens is 2. The fourth-order valence-corrected chi connectivity index (χ4v) is 2.81. The van der Waals surface area contributed by atoms with Crippen LogP contribution in [0.5, 0.6) is 0 Å². The van der Waals surface area contributed by atoms with Crippen LogP contribution < -0.4 is 0 Å². The van der Waals surface area contributed by atoms with Gasteiger partial charge >= 0.3 is 0 Å². The molecule has 0 saturated carbocycles. The van der Waals surface area contributed by atoms with Crippen molar-refractivity contribution < 1.29 is 9.31 Å². The van der Waals surface area contributed by atoms with E-state index >= 15 is 0 Å². The van der Waals surface area contributed by atoms with Crippen LogP contribution in [0.2, 0.25) is 0 Å². The maximum Gasteiger partial charge on any atom is 0.269 e. The van der Waals surface area contributed by atoms with Gasteiger partial charge in [-0.3, -0.25) is 10.1 Å². The van der Waals surface area contributed by atoms with Crippen molar-refractivity contribution in [3.8, 4) is 11.3 Å². The molecule has 1 aromatic heterocycles. The highest BCUT2D eigenvalue weighted by molar-refractivity contribution is 7.98. The molecule has 0 aliphatic carbocycles.